The molecule has 2 aliphatic heterocycles. The van der Waals surface area contributed by atoms with E-state index in [9.17, 15) is 4.79 Å². The minimum Gasteiger partial charge on any atom is -0.376 e. The lowest BCUT2D eigenvalue weighted by Gasteiger charge is -2.24. The van der Waals surface area contributed by atoms with Gasteiger partial charge in [0.25, 0.3) is 0 Å². The molecule has 2 saturated heterocycles. The Morgan fingerprint density at radius 1 is 1.34 bits per heavy atom. The van der Waals surface area contributed by atoms with Crippen LogP contribution in [-0.2, 0) is 19.7 Å². The Hall–Kier alpha value is -2.32. The number of aromatic nitrogens is 3. The fourth-order valence-electron chi connectivity index (χ4n) is 5.01. The SMILES string of the molecule is O=C(COC[C@H]1CCCO1)N1C[C@H]2CCC[C@@]2(c2nc(-c3cccnc3)no2)C1. The zero-order chi connectivity index (χ0) is 19.7. The van der Waals surface area contributed by atoms with E-state index in [1.807, 2.05) is 17.0 Å². The topological polar surface area (TPSA) is 90.6 Å². The number of carbonyl (C=O) groups excluding carboxylic acids is 1. The maximum Gasteiger partial charge on any atom is 0.248 e. The molecule has 4 heterocycles. The van der Waals surface area contributed by atoms with Crippen LogP contribution in [0, 0.1) is 5.92 Å². The van der Waals surface area contributed by atoms with Gasteiger partial charge in [-0.15, -0.1) is 0 Å². The van der Waals surface area contributed by atoms with Crippen LogP contribution >= 0.6 is 0 Å². The van der Waals surface area contributed by atoms with E-state index in [2.05, 4.69) is 10.1 Å². The van der Waals surface area contributed by atoms with Crippen molar-refractivity contribution in [3.05, 3.63) is 30.4 Å². The fraction of sp³-hybridized carbons (Fsp3) is 0.619. The van der Waals surface area contributed by atoms with Crippen LogP contribution in [0.3, 0.4) is 0 Å². The number of fused-ring (bicyclic) bond motifs is 1. The Labute approximate surface area is 169 Å². The quantitative estimate of drug-likeness (QED) is 0.737. The molecule has 0 spiro atoms. The Bertz CT molecular complexity index is 851. The third kappa shape index (κ3) is 3.55. The average Bonchev–Trinajstić information content (AvgIpc) is 3.51. The van der Waals surface area contributed by atoms with Crippen molar-refractivity contribution in [1.82, 2.24) is 20.0 Å². The number of ether oxygens (including phenoxy) is 2. The second-order valence-electron chi connectivity index (χ2n) is 8.33. The maximum atomic E-state index is 12.7. The van der Waals surface area contributed by atoms with Gasteiger partial charge in [-0.25, -0.2) is 0 Å². The molecule has 3 aliphatic rings. The zero-order valence-electron chi connectivity index (χ0n) is 16.5. The van der Waals surface area contributed by atoms with Crippen molar-refractivity contribution >= 4 is 5.91 Å². The normalized spacial score (nSPS) is 28.8. The molecule has 8 heteroatoms. The summed E-state index contributed by atoms with van der Waals surface area (Å²) in [5, 5.41) is 4.18. The molecule has 0 bridgehead atoms. The molecule has 1 amide bonds. The number of pyridine rings is 1. The van der Waals surface area contributed by atoms with Crippen LogP contribution in [0.5, 0.6) is 0 Å². The van der Waals surface area contributed by atoms with E-state index in [-0.39, 0.29) is 24.0 Å². The molecule has 3 fully saturated rings. The molecular formula is C21H26N4O4. The summed E-state index contributed by atoms with van der Waals surface area (Å²) >= 11 is 0. The number of hydrogen-bond acceptors (Lipinski definition) is 7. The summed E-state index contributed by atoms with van der Waals surface area (Å²) in [4.78, 5) is 23.5. The van der Waals surface area contributed by atoms with Crippen LogP contribution in [0.4, 0.5) is 0 Å². The summed E-state index contributed by atoms with van der Waals surface area (Å²) in [5.74, 6) is 1.59. The molecule has 3 atom stereocenters. The summed E-state index contributed by atoms with van der Waals surface area (Å²) in [5.41, 5.74) is 0.597. The van der Waals surface area contributed by atoms with Crippen LogP contribution in [0.2, 0.25) is 0 Å². The van der Waals surface area contributed by atoms with Crippen LogP contribution in [0.15, 0.2) is 29.0 Å². The third-order valence-electron chi connectivity index (χ3n) is 6.55. The largest absolute Gasteiger partial charge is 0.376 e. The molecule has 0 radical (unpaired) electrons. The van der Waals surface area contributed by atoms with E-state index < -0.39 is 0 Å². The molecule has 1 aliphatic carbocycles. The van der Waals surface area contributed by atoms with E-state index in [1.165, 1.54) is 0 Å². The molecule has 0 aromatic carbocycles. The average molecular weight is 398 g/mol. The first-order chi connectivity index (χ1) is 14.2. The van der Waals surface area contributed by atoms with Gasteiger partial charge in [0.1, 0.15) is 6.61 Å². The van der Waals surface area contributed by atoms with Gasteiger partial charge in [-0.1, -0.05) is 11.6 Å². The van der Waals surface area contributed by atoms with Crippen molar-refractivity contribution in [2.45, 2.75) is 43.6 Å². The predicted octanol–water partition coefficient (Wildman–Crippen LogP) is 2.21. The lowest BCUT2D eigenvalue weighted by Crippen LogP contribution is -2.37. The number of nitrogens with zero attached hydrogens (tertiary/aromatic N) is 4. The van der Waals surface area contributed by atoms with Gasteiger partial charge in [-0.2, -0.15) is 4.98 Å². The predicted molar refractivity (Wildman–Crippen MR) is 103 cm³/mol. The molecule has 1 saturated carbocycles. The second-order valence-corrected chi connectivity index (χ2v) is 8.33. The number of amides is 1. The van der Waals surface area contributed by atoms with E-state index in [0.717, 1.165) is 50.8 Å². The Kier molecular flexibility index (Phi) is 5.05. The van der Waals surface area contributed by atoms with Gasteiger partial charge in [0.15, 0.2) is 0 Å². The lowest BCUT2D eigenvalue weighted by molar-refractivity contribution is -0.136. The van der Waals surface area contributed by atoms with Crippen LogP contribution < -0.4 is 0 Å². The van der Waals surface area contributed by atoms with E-state index >= 15 is 0 Å². The van der Waals surface area contributed by atoms with Gasteiger partial charge in [0.2, 0.25) is 17.6 Å². The second kappa shape index (κ2) is 7.84. The highest BCUT2D eigenvalue weighted by Gasteiger charge is 2.55. The first-order valence-corrected chi connectivity index (χ1v) is 10.5. The molecular weight excluding hydrogens is 372 g/mol. The monoisotopic (exact) mass is 398 g/mol. The molecule has 5 rings (SSSR count). The van der Waals surface area contributed by atoms with Gasteiger partial charge >= 0.3 is 0 Å². The Balaban J connectivity index is 1.26. The van der Waals surface area contributed by atoms with Crippen molar-refractivity contribution in [3.8, 4) is 11.4 Å². The summed E-state index contributed by atoms with van der Waals surface area (Å²) < 4.78 is 16.9. The van der Waals surface area contributed by atoms with Gasteiger partial charge < -0.3 is 18.9 Å². The van der Waals surface area contributed by atoms with Crippen molar-refractivity contribution in [3.63, 3.8) is 0 Å². The van der Waals surface area contributed by atoms with E-state index in [4.69, 9.17) is 19.0 Å². The zero-order valence-corrected chi connectivity index (χ0v) is 16.5. The van der Waals surface area contributed by atoms with Crippen molar-refractivity contribution in [2.24, 2.45) is 5.92 Å². The van der Waals surface area contributed by atoms with E-state index in [0.29, 0.717) is 30.8 Å². The molecule has 8 nitrogen and oxygen atoms in total. The molecule has 0 N–H and O–H groups in total. The van der Waals surface area contributed by atoms with Crippen LogP contribution in [0.25, 0.3) is 11.4 Å². The van der Waals surface area contributed by atoms with Crippen molar-refractivity contribution < 1.29 is 18.8 Å². The van der Waals surface area contributed by atoms with Crippen molar-refractivity contribution in [2.75, 3.05) is 32.9 Å². The summed E-state index contributed by atoms with van der Waals surface area (Å²) in [6, 6.07) is 3.77. The minimum atomic E-state index is -0.238. The standard InChI is InChI=1S/C21H26N4O4/c26-18(13-27-12-17-6-3-9-28-17)25-11-16-5-1-7-21(16,14-25)20-23-19(24-29-20)15-4-2-8-22-10-15/h2,4,8,10,16-17H,1,3,5-7,9,11-14H2/t16-,17-,21-/m1/s1. The number of rotatable bonds is 6. The lowest BCUT2D eigenvalue weighted by atomic mass is 9.80. The van der Waals surface area contributed by atoms with Gasteiger partial charge in [0.05, 0.1) is 18.1 Å². The van der Waals surface area contributed by atoms with Gasteiger partial charge in [0, 0.05) is 37.7 Å². The van der Waals surface area contributed by atoms with Gasteiger partial charge in [-0.3, -0.25) is 9.78 Å². The van der Waals surface area contributed by atoms with Gasteiger partial charge in [-0.05, 0) is 43.7 Å². The highest BCUT2D eigenvalue weighted by atomic mass is 16.5. The third-order valence-corrected chi connectivity index (χ3v) is 6.55. The number of hydrogen-bond donors (Lipinski definition) is 0. The summed E-state index contributed by atoms with van der Waals surface area (Å²) in [6.45, 7) is 2.74. The summed E-state index contributed by atoms with van der Waals surface area (Å²) in [6.07, 6.45) is 8.83. The van der Waals surface area contributed by atoms with Crippen LogP contribution in [-0.4, -0.2) is 64.9 Å². The smallest absolute Gasteiger partial charge is 0.248 e. The highest BCUT2D eigenvalue weighted by molar-refractivity contribution is 5.78. The molecule has 2 aromatic rings. The first kappa shape index (κ1) is 18.7. The molecule has 0 unspecified atom stereocenters. The summed E-state index contributed by atoms with van der Waals surface area (Å²) in [7, 11) is 0. The molecule has 29 heavy (non-hydrogen) atoms. The molecule has 2 aromatic heterocycles. The first-order valence-electron chi connectivity index (χ1n) is 10.5. The Morgan fingerprint density at radius 3 is 3.14 bits per heavy atom. The van der Waals surface area contributed by atoms with Crippen LogP contribution in [0.1, 0.15) is 38.0 Å². The fourth-order valence-corrected chi connectivity index (χ4v) is 5.01. The van der Waals surface area contributed by atoms with Crippen molar-refractivity contribution in [1.29, 1.82) is 0 Å². The number of carbonyl (C=O) groups is 1. The molecule has 154 valence electrons. The van der Waals surface area contributed by atoms with E-state index in [1.54, 1.807) is 12.4 Å². The highest BCUT2D eigenvalue weighted by Crippen LogP contribution is 2.50. The Morgan fingerprint density at radius 2 is 2.31 bits per heavy atom. The number of likely N-dealkylation sites (tertiary alicyclic amines) is 1. The minimum absolute atomic E-state index is 0.0313. The maximum absolute atomic E-state index is 12.7.